The smallest absolute Gasteiger partial charge is 0.310 e. The maximum absolute atomic E-state index is 13.4. The van der Waals surface area contributed by atoms with Crippen molar-refractivity contribution < 1.29 is 26.4 Å². The van der Waals surface area contributed by atoms with Crippen LogP contribution in [0, 0.1) is 19.8 Å². The van der Waals surface area contributed by atoms with Crippen LogP contribution < -0.4 is 4.31 Å². The summed E-state index contributed by atoms with van der Waals surface area (Å²) < 4.78 is 59.5. The minimum atomic E-state index is -3.82. The highest BCUT2D eigenvalue weighted by atomic mass is 32.2. The van der Waals surface area contributed by atoms with E-state index < -0.39 is 26.0 Å². The molecule has 0 saturated carbocycles. The van der Waals surface area contributed by atoms with Gasteiger partial charge in [-0.05, 0) is 69.7 Å². The first kappa shape index (κ1) is 23.0. The van der Waals surface area contributed by atoms with Gasteiger partial charge in [-0.15, -0.1) is 0 Å². The summed E-state index contributed by atoms with van der Waals surface area (Å²) in [6.07, 6.45) is 2.61. The van der Waals surface area contributed by atoms with Gasteiger partial charge in [0, 0.05) is 19.6 Å². The van der Waals surface area contributed by atoms with Crippen molar-refractivity contribution in [1.82, 2.24) is 4.31 Å². The molecule has 10 heteroatoms. The number of piperidine rings is 1. The van der Waals surface area contributed by atoms with Gasteiger partial charge in [-0.3, -0.25) is 9.10 Å². The fourth-order valence-corrected chi connectivity index (χ4v) is 7.86. The summed E-state index contributed by atoms with van der Waals surface area (Å²) >= 11 is 0. The van der Waals surface area contributed by atoms with E-state index in [0.29, 0.717) is 49.2 Å². The Bertz CT molecular complexity index is 997. The van der Waals surface area contributed by atoms with Crippen LogP contribution in [0.4, 0.5) is 5.69 Å². The molecule has 0 aliphatic carbocycles. The van der Waals surface area contributed by atoms with Gasteiger partial charge in [-0.25, -0.2) is 16.8 Å². The molecule has 0 aromatic heterocycles. The molecule has 8 nitrogen and oxygen atoms in total. The molecule has 0 radical (unpaired) electrons. The molecule has 2 saturated heterocycles. The first-order valence-corrected chi connectivity index (χ1v) is 13.4. The first-order chi connectivity index (χ1) is 14.1. The third kappa shape index (κ3) is 4.50. The molecule has 1 aromatic rings. The maximum atomic E-state index is 13.4. The third-order valence-electron chi connectivity index (χ3n) is 5.68. The third-order valence-corrected chi connectivity index (χ3v) is 9.73. The minimum absolute atomic E-state index is 0.0995. The number of carbonyl (C=O) groups is 1. The lowest BCUT2D eigenvalue weighted by atomic mass is 10.0. The molecule has 30 heavy (non-hydrogen) atoms. The number of carbonyl (C=O) groups excluding carboxylic acids is 1. The molecule has 0 amide bonds. The van der Waals surface area contributed by atoms with Crippen molar-refractivity contribution in [3.63, 3.8) is 0 Å². The maximum Gasteiger partial charge on any atom is 0.310 e. The highest BCUT2D eigenvalue weighted by molar-refractivity contribution is 7.92. The lowest BCUT2D eigenvalue weighted by molar-refractivity contribution is -0.149. The Labute approximate surface area is 179 Å². The molecule has 0 N–H and O–H groups in total. The molecule has 1 aromatic carbocycles. The van der Waals surface area contributed by atoms with Crippen LogP contribution >= 0.6 is 0 Å². The number of aryl methyl sites for hydroxylation is 2. The Morgan fingerprint density at radius 3 is 2.40 bits per heavy atom. The minimum Gasteiger partial charge on any atom is -0.466 e. The van der Waals surface area contributed by atoms with E-state index in [1.807, 2.05) is 0 Å². The number of anilines is 1. The molecule has 1 atom stereocenters. The second kappa shape index (κ2) is 8.84. The summed E-state index contributed by atoms with van der Waals surface area (Å²) in [5.41, 5.74) is 1.51. The van der Waals surface area contributed by atoms with Crippen molar-refractivity contribution in [2.24, 2.45) is 5.92 Å². The van der Waals surface area contributed by atoms with Crippen molar-refractivity contribution in [3.05, 3.63) is 23.3 Å². The molecule has 168 valence electrons. The summed E-state index contributed by atoms with van der Waals surface area (Å²) in [4.78, 5) is 12.3. The molecule has 2 heterocycles. The van der Waals surface area contributed by atoms with Gasteiger partial charge in [0.15, 0.2) is 0 Å². The van der Waals surface area contributed by atoms with E-state index in [9.17, 15) is 21.6 Å². The summed E-state index contributed by atoms with van der Waals surface area (Å²) in [7, 11) is -7.20. The number of benzene rings is 1. The van der Waals surface area contributed by atoms with Crippen molar-refractivity contribution in [2.45, 2.75) is 51.3 Å². The van der Waals surface area contributed by atoms with E-state index >= 15 is 0 Å². The van der Waals surface area contributed by atoms with Crippen LogP contribution in [-0.4, -0.2) is 59.1 Å². The lowest BCUT2D eigenvalue weighted by Crippen LogP contribution is -2.43. The zero-order valence-electron chi connectivity index (χ0n) is 17.8. The first-order valence-electron chi connectivity index (χ1n) is 10.4. The van der Waals surface area contributed by atoms with E-state index in [2.05, 4.69) is 0 Å². The normalized spacial score (nSPS) is 22.6. The number of hydrogen-bond donors (Lipinski definition) is 0. The molecule has 0 bridgehead atoms. The van der Waals surface area contributed by atoms with Gasteiger partial charge >= 0.3 is 5.97 Å². The Morgan fingerprint density at radius 1 is 1.13 bits per heavy atom. The van der Waals surface area contributed by atoms with Crippen LogP contribution in [0.1, 0.15) is 43.7 Å². The Balaban J connectivity index is 1.92. The molecule has 0 spiro atoms. The lowest BCUT2D eigenvalue weighted by Gasteiger charge is -2.32. The zero-order chi connectivity index (χ0) is 22.1. The largest absolute Gasteiger partial charge is 0.466 e. The number of esters is 1. The SMILES string of the molecule is CCOC(=O)[C@@H]1CCCN(S(=O)(=O)c2c(C)cc(N3CCCCS3(=O)=O)cc2C)C1. The number of hydrogen-bond acceptors (Lipinski definition) is 6. The number of nitrogens with zero attached hydrogens (tertiary/aromatic N) is 2. The van der Waals surface area contributed by atoms with Crippen LogP contribution in [-0.2, 0) is 29.6 Å². The van der Waals surface area contributed by atoms with E-state index in [4.69, 9.17) is 4.74 Å². The second-order valence-electron chi connectivity index (χ2n) is 7.96. The van der Waals surface area contributed by atoms with Crippen molar-refractivity contribution in [1.29, 1.82) is 0 Å². The average molecular weight is 459 g/mol. The highest BCUT2D eigenvalue weighted by Gasteiger charge is 2.36. The second-order valence-corrected chi connectivity index (χ2v) is 11.8. The van der Waals surface area contributed by atoms with Crippen LogP contribution in [0.5, 0.6) is 0 Å². The molecule has 3 rings (SSSR count). The van der Waals surface area contributed by atoms with Crippen LogP contribution in [0.15, 0.2) is 17.0 Å². The summed E-state index contributed by atoms with van der Waals surface area (Å²) in [5.74, 6) is -0.725. The molecular formula is C20H30N2O6S2. The summed E-state index contributed by atoms with van der Waals surface area (Å²) in [6.45, 7) is 6.22. The van der Waals surface area contributed by atoms with Gasteiger partial charge in [0.05, 0.1) is 28.9 Å². The molecular weight excluding hydrogens is 428 g/mol. The summed E-state index contributed by atoms with van der Waals surface area (Å²) in [5, 5.41) is 0. The number of ether oxygens (including phenoxy) is 1. The Hall–Kier alpha value is -1.65. The average Bonchev–Trinajstić information content (AvgIpc) is 2.67. The van der Waals surface area contributed by atoms with E-state index in [1.165, 1.54) is 8.61 Å². The van der Waals surface area contributed by atoms with E-state index in [1.54, 1.807) is 32.9 Å². The van der Waals surface area contributed by atoms with Crippen molar-refractivity contribution >= 4 is 31.7 Å². The van der Waals surface area contributed by atoms with Gasteiger partial charge in [0.2, 0.25) is 20.0 Å². The molecule has 2 aliphatic heterocycles. The standard InChI is InChI=1S/C20H30N2O6S2/c1-4-28-20(23)17-8-7-9-21(14-17)30(26,27)19-15(2)12-18(13-16(19)3)22-10-5-6-11-29(22,24)25/h12-13,17H,4-11,14H2,1-3H3/t17-/m1/s1. The summed E-state index contributed by atoms with van der Waals surface area (Å²) in [6, 6.07) is 3.27. The predicted octanol–water partition coefficient (Wildman–Crippen LogP) is 2.20. The van der Waals surface area contributed by atoms with Crippen LogP contribution in [0.3, 0.4) is 0 Å². The molecule has 2 aliphatic rings. The fraction of sp³-hybridized carbons (Fsp3) is 0.650. The van der Waals surface area contributed by atoms with Crippen molar-refractivity contribution in [2.75, 3.05) is 36.3 Å². The molecule has 0 unspecified atom stereocenters. The Morgan fingerprint density at radius 2 is 1.80 bits per heavy atom. The predicted molar refractivity (Wildman–Crippen MR) is 114 cm³/mol. The highest BCUT2D eigenvalue weighted by Crippen LogP contribution is 2.33. The monoisotopic (exact) mass is 458 g/mol. The van der Waals surface area contributed by atoms with Crippen LogP contribution in [0.2, 0.25) is 0 Å². The van der Waals surface area contributed by atoms with E-state index in [-0.39, 0.29) is 29.8 Å². The Kier molecular flexibility index (Phi) is 6.78. The van der Waals surface area contributed by atoms with E-state index in [0.717, 1.165) is 6.42 Å². The van der Waals surface area contributed by atoms with Crippen molar-refractivity contribution in [3.8, 4) is 0 Å². The van der Waals surface area contributed by atoms with Gasteiger partial charge in [0.1, 0.15) is 0 Å². The van der Waals surface area contributed by atoms with Gasteiger partial charge in [-0.1, -0.05) is 0 Å². The van der Waals surface area contributed by atoms with Gasteiger partial charge in [0.25, 0.3) is 0 Å². The topological polar surface area (TPSA) is 101 Å². The van der Waals surface area contributed by atoms with Gasteiger partial charge in [-0.2, -0.15) is 4.31 Å². The zero-order valence-corrected chi connectivity index (χ0v) is 19.4. The molecule has 2 fully saturated rings. The van der Waals surface area contributed by atoms with Gasteiger partial charge < -0.3 is 4.74 Å². The van der Waals surface area contributed by atoms with Crippen LogP contribution in [0.25, 0.3) is 0 Å². The quantitative estimate of drug-likeness (QED) is 0.627. The number of sulfonamides is 2. The fourth-order valence-electron chi connectivity index (χ4n) is 4.30. The number of rotatable bonds is 5.